The Morgan fingerprint density at radius 3 is 3.00 bits per heavy atom. The summed E-state index contributed by atoms with van der Waals surface area (Å²) in [5.74, 6) is -1.39. The van der Waals surface area contributed by atoms with E-state index in [9.17, 15) is 14.0 Å². The quantitative estimate of drug-likeness (QED) is 0.666. The van der Waals surface area contributed by atoms with Gasteiger partial charge >= 0.3 is 0 Å². The summed E-state index contributed by atoms with van der Waals surface area (Å²) in [5.41, 5.74) is 5.33. The highest BCUT2D eigenvalue weighted by Gasteiger charge is 2.24. The summed E-state index contributed by atoms with van der Waals surface area (Å²) < 4.78 is 13.2. The molecule has 1 aliphatic heterocycles. The number of hydrogen-bond acceptors (Lipinski definition) is 3. The molecule has 1 saturated heterocycles. The molecule has 1 fully saturated rings. The number of piperidine rings is 1. The predicted octanol–water partition coefficient (Wildman–Crippen LogP) is 0.416. The van der Waals surface area contributed by atoms with E-state index in [-0.39, 0.29) is 17.2 Å². The number of nitrogens with two attached hydrogens (primary N) is 1. The maximum Gasteiger partial charge on any atom is 0.254 e. The lowest BCUT2D eigenvalue weighted by Gasteiger charge is -2.23. The van der Waals surface area contributed by atoms with Crippen molar-refractivity contribution in [2.45, 2.75) is 18.9 Å². The Kier molecular flexibility index (Phi) is 3.45. The van der Waals surface area contributed by atoms with Gasteiger partial charge in [0.2, 0.25) is 5.91 Å². The van der Waals surface area contributed by atoms with Gasteiger partial charge in [-0.3, -0.25) is 9.59 Å². The zero-order chi connectivity index (χ0) is 13.1. The molecule has 1 aromatic rings. The molecule has 6 heteroatoms. The van der Waals surface area contributed by atoms with Gasteiger partial charge in [0.05, 0.1) is 11.3 Å². The van der Waals surface area contributed by atoms with Crippen LogP contribution in [0, 0.1) is 5.82 Å². The van der Waals surface area contributed by atoms with Crippen molar-refractivity contribution >= 4 is 17.5 Å². The van der Waals surface area contributed by atoms with Gasteiger partial charge in [-0.2, -0.15) is 0 Å². The van der Waals surface area contributed by atoms with Crippen LogP contribution in [0.1, 0.15) is 23.2 Å². The second kappa shape index (κ2) is 5.03. The molecule has 4 N–H and O–H groups in total. The number of carbonyl (C=O) groups excluding carboxylic acids is 2. The molecular formula is C12H14FN3O2. The van der Waals surface area contributed by atoms with Crippen LogP contribution in [0.5, 0.6) is 0 Å². The van der Waals surface area contributed by atoms with E-state index in [0.717, 1.165) is 6.42 Å². The summed E-state index contributed by atoms with van der Waals surface area (Å²) in [7, 11) is 0. The van der Waals surface area contributed by atoms with E-state index in [0.29, 0.717) is 13.0 Å². The SMILES string of the molecule is Nc1c(F)cccc1C(=O)NC1CCCNC1=O. The van der Waals surface area contributed by atoms with Crippen molar-refractivity contribution in [2.24, 2.45) is 0 Å². The molecule has 1 aliphatic rings. The fourth-order valence-electron chi connectivity index (χ4n) is 1.88. The van der Waals surface area contributed by atoms with Crippen LogP contribution in [0.15, 0.2) is 18.2 Å². The fraction of sp³-hybridized carbons (Fsp3) is 0.333. The summed E-state index contributed by atoms with van der Waals surface area (Å²) in [6.07, 6.45) is 1.38. The number of anilines is 1. The number of amides is 2. The summed E-state index contributed by atoms with van der Waals surface area (Å²) in [5, 5.41) is 5.21. The van der Waals surface area contributed by atoms with Crippen molar-refractivity contribution < 1.29 is 14.0 Å². The largest absolute Gasteiger partial charge is 0.396 e. The second-order valence-electron chi connectivity index (χ2n) is 4.16. The first-order chi connectivity index (χ1) is 8.59. The van der Waals surface area contributed by atoms with Gasteiger partial charge in [0.25, 0.3) is 5.91 Å². The molecule has 5 nitrogen and oxygen atoms in total. The van der Waals surface area contributed by atoms with E-state index in [1.54, 1.807) is 0 Å². The maximum absolute atomic E-state index is 13.2. The molecule has 0 saturated carbocycles. The first kappa shape index (κ1) is 12.3. The number of carbonyl (C=O) groups is 2. The van der Waals surface area contributed by atoms with Crippen molar-refractivity contribution in [3.8, 4) is 0 Å². The van der Waals surface area contributed by atoms with Gasteiger partial charge in [0.1, 0.15) is 11.9 Å². The highest BCUT2D eigenvalue weighted by molar-refractivity contribution is 6.01. The normalized spacial score (nSPS) is 19.2. The van der Waals surface area contributed by atoms with Crippen LogP contribution in [-0.2, 0) is 4.79 Å². The summed E-state index contributed by atoms with van der Waals surface area (Å²) >= 11 is 0. The average Bonchev–Trinajstić information content (AvgIpc) is 2.35. The van der Waals surface area contributed by atoms with Crippen LogP contribution in [0.3, 0.4) is 0 Å². The van der Waals surface area contributed by atoms with Gasteiger partial charge < -0.3 is 16.4 Å². The first-order valence-corrected chi connectivity index (χ1v) is 5.72. The van der Waals surface area contributed by atoms with Crippen LogP contribution in [0.2, 0.25) is 0 Å². The lowest BCUT2D eigenvalue weighted by atomic mass is 10.1. The van der Waals surface area contributed by atoms with Crippen molar-refractivity contribution in [1.82, 2.24) is 10.6 Å². The van der Waals surface area contributed by atoms with Crippen LogP contribution in [0.25, 0.3) is 0 Å². The summed E-state index contributed by atoms with van der Waals surface area (Å²) in [4.78, 5) is 23.4. The predicted molar refractivity (Wildman–Crippen MR) is 64.3 cm³/mol. The number of hydrogen-bond donors (Lipinski definition) is 3. The molecule has 2 amide bonds. The number of halogens is 1. The fourth-order valence-corrected chi connectivity index (χ4v) is 1.88. The Morgan fingerprint density at radius 2 is 2.28 bits per heavy atom. The standard InChI is InChI=1S/C12H14FN3O2/c13-8-4-1-3-7(10(8)14)11(17)16-9-5-2-6-15-12(9)18/h1,3-4,9H,2,5-6,14H2,(H,15,18)(H,16,17). The molecule has 0 spiro atoms. The minimum absolute atomic E-state index is 0.0494. The summed E-state index contributed by atoms with van der Waals surface area (Å²) in [6.45, 7) is 0.618. The number of nitrogen functional groups attached to an aromatic ring is 1. The molecule has 0 bridgehead atoms. The number of benzene rings is 1. The van der Waals surface area contributed by atoms with Gasteiger partial charge in [-0.1, -0.05) is 6.07 Å². The Morgan fingerprint density at radius 1 is 1.50 bits per heavy atom. The van der Waals surface area contributed by atoms with E-state index in [2.05, 4.69) is 10.6 Å². The van der Waals surface area contributed by atoms with Crippen molar-refractivity contribution in [3.05, 3.63) is 29.6 Å². The van der Waals surface area contributed by atoms with Crippen LogP contribution in [-0.4, -0.2) is 24.4 Å². The molecule has 96 valence electrons. The third kappa shape index (κ3) is 2.42. The van der Waals surface area contributed by atoms with Crippen LogP contribution < -0.4 is 16.4 Å². The Labute approximate surface area is 104 Å². The second-order valence-corrected chi connectivity index (χ2v) is 4.16. The van der Waals surface area contributed by atoms with Crippen molar-refractivity contribution in [1.29, 1.82) is 0 Å². The molecule has 1 aromatic carbocycles. The molecule has 0 aliphatic carbocycles. The zero-order valence-electron chi connectivity index (χ0n) is 9.70. The number of rotatable bonds is 2. The molecule has 2 rings (SSSR count). The lowest BCUT2D eigenvalue weighted by molar-refractivity contribution is -0.124. The van der Waals surface area contributed by atoms with Gasteiger partial charge in [0, 0.05) is 6.54 Å². The van der Waals surface area contributed by atoms with Crippen molar-refractivity contribution in [3.63, 3.8) is 0 Å². The molecule has 1 heterocycles. The average molecular weight is 251 g/mol. The van der Waals surface area contributed by atoms with Gasteiger partial charge in [-0.05, 0) is 25.0 Å². The Bertz CT molecular complexity index is 490. The molecule has 0 radical (unpaired) electrons. The zero-order valence-corrected chi connectivity index (χ0v) is 9.70. The third-order valence-corrected chi connectivity index (χ3v) is 2.89. The van der Waals surface area contributed by atoms with E-state index in [1.165, 1.54) is 18.2 Å². The molecule has 1 atom stereocenters. The molecule has 0 aromatic heterocycles. The number of nitrogens with one attached hydrogen (secondary N) is 2. The van der Waals surface area contributed by atoms with E-state index in [4.69, 9.17) is 5.73 Å². The topological polar surface area (TPSA) is 84.2 Å². The first-order valence-electron chi connectivity index (χ1n) is 5.72. The van der Waals surface area contributed by atoms with Gasteiger partial charge in [-0.15, -0.1) is 0 Å². The highest BCUT2D eigenvalue weighted by atomic mass is 19.1. The highest BCUT2D eigenvalue weighted by Crippen LogP contribution is 2.16. The molecular weight excluding hydrogens is 237 g/mol. The lowest BCUT2D eigenvalue weighted by Crippen LogP contribution is -2.50. The minimum atomic E-state index is -0.643. The van der Waals surface area contributed by atoms with Crippen LogP contribution >= 0.6 is 0 Å². The minimum Gasteiger partial charge on any atom is -0.396 e. The van der Waals surface area contributed by atoms with E-state index >= 15 is 0 Å². The summed E-state index contributed by atoms with van der Waals surface area (Å²) in [6, 6.07) is 3.43. The van der Waals surface area contributed by atoms with E-state index < -0.39 is 17.8 Å². The Hall–Kier alpha value is -2.11. The van der Waals surface area contributed by atoms with E-state index in [1.807, 2.05) is 0 Å². The monoisotopic (exact) mass is 251 g/mol. The smallest absolute Gasteiger partial charge is 0.254 e. The molecule has 18 heavy (non-hydrogen) atoms. The van der Waals surface area contributed by atoms with Gasteiger partial charge in [0.15, 0.2) is 0 Å². The molecule has 1 unspecified atom stereocenters. The number of para-hydroxylation sites is 1. The van der Waals surface area contributed by atoms with Crippen LogP contribution in [0.4, 0.5) is 10.1 Å². The van der Waals surface area contributed by atoms with Crippen molar-refractivity contribution in [2.75, 3.05) is 12.3 Å². The maximum atomic E-state index is 13.2. The third-order valence-electron chi connectivity index (χ3n) is 2.89. The van der Waals surface area contributed by atoms with Gasteiger partial charge in [-0.25, -0.2) is 4.39 Å². The Balaban J connectivity index is 2.12.